The van der Waals surface area contributed by atoms with Gasteiger partial charge in [-0.15, -0.1) is 6.58 Å². The minimum absolute atomic E-state index is 0.105. The average Bonchev–Trinajstić information content (AvgIpc) is 2.92. The van der Waals surface area contributed by atoms with Crippen LogP contribution in [0.15, 0.2) is 71.0 Å². The number of amides is 2. The van der Waals surface area contributed by atoms with Crippen molar-refractivity contribution in [3.63, 3.8) is 0 Å². The van der Waals surface area contributed by atoms with E-state index in [0.717, 1.165) is 6.08 Å². The molecular weight excluding hydrogens is 528 g/mol. The number of carbonyl (C=O) groups is 4. The van der Waals surface area contributed by atoms with Gasteiger partial charge in [0.25, 0.3) is 5.91 Å². The number of rotatable bonds is 5. The van der Waals surface area contributed by atoms with Gasteiger partial charge in [-0.3, -0.25) is 14.4 Å². The molecule has 0 saturated carbocycles. The van der Waals surface area contributed by atoms with Crippen molar-refractivity contribution in [1.29, 1.82) is 0 Å². The highest BCUT2D eigenvalue weighted by Crippen LogP contribution is 2.30. The van der Waals surface area contributed by atoms with E-state index in [2.05, 4.69) is 11.9 Å². The van der Waals surface area contributed by atoms with Crippen molar-refractivity contribution in [3.8, 4) is 0 Å². The zero-order valence-electron chi connectivity index (χ0n) is 24.6. The smallest absolute Gasteiger partial charge is 0.405 e. The van der Waals surface area contributed by atoms with Crippen LogP contribution in [0.5, 0.6) is 0 Å². The molecule has 0 radical (unpaired) electrons. The van der Waals surface area contributed by atoms with Gasteiger partial charge in [-0.05, 0) is 44.6 Å². The van der Waals surface area contributed by atoms with Crippen LogP contribution in [0.2, 0.25) is 0 Å². The number of ketones is 2. The van der Waals surface area contributed by atoms with E-state index in [1.807, 2.05) is 6.92 Å². The molecule has 0 aromatic carbocycles. The summed E-state index contributed by atoms with van der Waals surface area (Å²) >= 11 is 0. The van der Waals surface area contributed by atoms with Crippen LogP contribution in [0.4, 0.5) is 4.79 Å². The van der Waals surface area contributed by atoms with Gasteiger partial charge in [0.15, 0.2) is 11.9 Å². The van der Waals surface area contributed by atoms with E-state index in [1.54, 1.807) is 45.1 Å². The standard InChI is InChI=1S/C31H42N2O8/c1-8-10-21-22-13-17(2)14-26(40-7)27(35)19(4)15-20(5)29(41-31(32)38)25(39-6)12-9-11-18(3)30(37)33-23(28(22)36)16-24(21)34/h8-9,11-12,15-17,19,25-27,29,35H,1,10,13-14H2,2-7H3,(H2,32,38)(H,33,37)/b12-9-,18-11-,20-15-/t17-,19+,25+,26+,27-,29+/m1/s1. The van der Waals surface area contributed by atoms with Gasteiger partial charge in [-0.25, -0.2) is 4.79 Å². The van der Waals surface area contributed by atoms with Gasteiger partial charge in [0.2, 0.25) is 5.78 Å². The van der Waals surface area contributed by atoms with E-state index in [-0.39, 0.29) is 35.8 Å². The summed E-state index contributed by atoms with van der Waals surface area (Å²) in [4.78, 5) is 51.1. The van der Waals surface area contributed by atoms with Crippen molar-refractivity contribution in [2.45, 2.75) is 71.4 Å². The van der Waals surface area contributed by atoms with Gasteiger partial charge in [-0.1, -0.05) is 44.2 Å². The van der Waals surface area contributed by atoms with Crippen molar-refractivity contribution in [3.05, 3.63) is 71.0 Å². The molecule has 0 aromatic heterocycles. The highest BCUT2D eigenvalue weighted by Gasteiger charge is 2.33. The second kappa shape index (κ2) is 15.4. The Morgan fingerprint density at radius 2 is 1.88 bits per heavy atom. The molecule has 6 atom stereocenters. The Balaban J connectivity index is 2.62. The fourth-order valence-corrected chi connectivity index (χ4v) is 5.01. The normalized spacial score (nSPS) is 32.2. The summed E-state index contributed by atoms with van der Waals surface area (Å²) in [7, 11) is 2.93. The zero-order valence-corrected chi connectivity index (χ0v) is 24.6. The van der Waals surface area contributed by atoms with Crippen LogP contribution in [0, 0.1) is 11.8 Å². The fourth-order valence-electron chi connectivity index (χ4n) is 5.01. The highest BCUT2D eigenvalue weighted by atomic mass is 16.6. The van der Waals surface area contributed by atoms with Gasteiger partial charge in [0.05, 0.1) is 17.9 Å². The molecule has 1 heterocycles. The molecule has 10 nitrogen and oxygen atoms in total. The predicted molar refractivity (Wildman–Crippen MR) is 154 cm³/mol. The molecule has 2 rings (SSSR count). The topological polar surface area (TPSA) is 154 Å². The van der Waals surface area contributed by atoms with E-state index in [4.69, 9.17) is 19.9 Å². The number of ether oxygens (including phenoxy) is 3. The minimum Gasteiger partial charge on any atom is -0.439 e. The van der Waals surface area contributed by atoms with E-state index < -0.39 is 48.1 Å². The molecule has 0 aromatic rings. The van der Waals surface area contributed by atoms with E-state index in [1.165, 1.54) is 20.3 Å². The van der Waals surface area contributed by atoms with Crippen LogP contribution in [0.1, 0.15) is 47.0 Å². The number of hydrogen-bond donors (Lipinski definition) is 3. The van der Waals surface area contributed by atoms with Crippen molar-refractivity contribution in [2.24, 2.45) is 17.6 Å². The summed E-state index contributed by atoms with van der Waals surface area (Å²) in [6.07, 6.45) is 5.70. The van der Waals surface area contributed by atoms with Crippen LogP contribution < -0.4 is 11.1 Å². The van der Waals surface area contributed by atoms with Gasteiger partial charge in [-0.2, -0.15) is 0 Å². The van der Waals surface area contributed by atoms with Gasteiger partial charge in [0, 0.05) is 42.9 Å². The van der Waals surface area contributed by atoms with Gasteiger partial charge >= 0.3 is 6.09 Å². The van der Waals surface area contributed by atoms with Crippen LogP contribution in [0.3, 0.4) is 0 Å². The lowest BCUT2D eigenvalue weighted by atomic mass is 9.82. The minimum atomic E-state index is -0.997. The predicted octanol–water partition coefficient (Wildman–Crippen LogP) is 3.38. The monoisotopic (exact) mass is 570 g/mol. The molecule has 2 bridgehead atoms. The number of nitrogens with one attached hydrogen (secondary N) is 1. The third kappa shape index (κ3) is 8.94. The molecule has 1 aliphatic heterocycles. The quantitative estimate of drug-likeness (QED) is 0.336. The first-order valence-electron chi connectivity index (χ1n) is 13.5. The van der Waals surface area contributed by atoms with Gasteiger partial charge < -0.3 is 30.4 Å². The molecule has 4 N–H and O–H groups in total. The van der Waals surface area contributed by atoms with Crippen molar-refractivity contribution in [1.82, 2.24) is 5.32 Å². The number of aliphatic hydroxyl groups excluding tert-OH is 1. The molecule has 1 aliphatic carbocycles. The molecular formula is C31H42N2O8. The van der Waals surface area contributed by atoms with Crippen molar-refractivity contribution < 1.29 is 38.5 Å². The Bertz CT molecular complexity index is 1190. The molecule has 10 heteroatoms. The first-order chi connectivity index (χ1) is 19.3. The first kappa shape index (κ1) is 33.6. The van der Waals surface area contributed by atoms with Gasteiger partial charge in [0.1, 0.15) is 6.10 Å². The van der Waals surface area contributed by atoms with Crippen LogP contribution in [0.25, 0.3) is 0 Å². The highest BCUT2D eigenvalue weighted by molar-refractivity contribution is 6.23. The Morgan fingerprint density at radius 3 is 2.46 bits per heavy atom. The number of hydrogen-bond acceptors (Lipinski definition) is 8. The second-order valence-corrected chi connectivity index (χ2v) is 10.5. The largest absolute Gasteiger partial charge is 0.439 e. The van der Waals surface area contributed by atoms with Crippen LogP contribution in [-0.2, 0) is 28.6 Å². The number of primary amides is 1. The number of aliphatic hydroxyl groups is 1. The summed E-state index contributed by atoms with van der Waals surface area (Å²) in [6.45, 7) is 10.7. The Labute approximate surface area is 241 Å². The molecule has 2 amide bonds. The molecule has 0 saturated heterocycles. The van der Waals surface area contributed by atoms with E-state index in [0.29, 0.717) is 23.1 Å². The number of carbonyl (C=O) groups excluding carboxylic acids is 4. The Hall–Kier alpha value is -3.60. The summed E-state index contributed by atoms with van der Waals surface area (Å²) in [5.74, 6) is -1.97. The maximum Gasteiger partial charge on any atom is 0.405 e. The number of methoxy groups -OCH3 is 2. The van der Waals surface area contributed by atoms with E-state index >= 15 is 0 Å². The van der Waals surface area contributed by atoms with Crippen molar-refractivity contribution >= 4 is 23.6 Å². The number of Topliss-reactive ketones (excluding diaryl/α,β-unsaturated/α-hetero) is 1. The number of nitrogens with two attached hydrogens (primary N) is 1. The summed E-state index contributed by atoms with van der Waals surface area (Å²) < 4.78 is 16.5. The van der Waals surface area contributed by atoms with Crippen LogP contribution in [-0.4, -0.2) is 67.3 Å². The maximum absolute atomic E-state index is 13.5. The third-order valence-electron chi connectivity index (χ3n) is 7.26. The molecule has 2 aliphatic rings. The Morgan fingerprint density at radius 1 is 1.20 bits per heavy atom. The van der Waals surface area contributed by atoms with E-state index in [9.17, 15) is 24.3 Å². The summed E-state index contributed by atoms with van der Waals surface area (Å²) in [5.41, 5.74) is 6.72. The summed E-state index contributed by atoms with van der Waals surface area (Å²) in [5, 5.41) is 13.8. The lowest BCUT2D eigenvalue weighted by Crippen LogP contribution is -2.37. The number of fused-ring (bicyclic) bond motifs is 2. The lowest BCUT2D eigenvalue weighted by Gasteiger charge is -2.30. The first-order valence-corrected chi connectivity index (χ1v) is 13.5. The number of allylic oxidation sites excluding steroid dienone is 6. The molecule has 41 heavy (non-hydrogen) atoms. The summed E-state index contributed by atoms with van der Waals surface area (Å²) in [6, 6.07) is 0. The average molecular weight is 571 g/mol. The molecule has 0 spiro atoms. The second-order valence-electron chi connectivity index (χ2n) is 10.5. The third-order valence-corrected chi connectivity index (χ3v) is 7.26. The van der Waals surface area contributed by atoms with Crippen LogP contribution >= 0.6 is 0 Å². The molecule has 0 unspecified atom stereocenters. The fraction of sp³-hybridized carbons (Fsp3) is 0.484. The SMILES string of the molecule is C=CCC1=C2C[C@@H](C)C[C@H](OC)[C@H](O)[C@@H](C)/C=C(/C)[C@H](OC(N)=O)[C@@H](OC)/C=C\C=C(\C)C(=O)NC(=CC1=O)C2=O. The lowest BCUT2D eigenvalue weighted by molar-refractivity contribution is -0.120. The Kier molecular flexibility index (Phi) is 12.6. The zero-order chi connectivity index (χ0) is 30.9. The molecule has 0 fully saturated rings. The maximum atomic E-state index is 13.5. The molecule has 224 valence electrons. The van der Waals surface area contributed by atoms with Crippen molar-refractivity contribution in [2.75, 3.05) is 14.2 Å².